The molecule has 2 aromatic heterocycles. The molecule has 3 aromatic rings. The van der Waals surface area contributed by atoms with Crippen LogP contribution in [0, 0.1) is 12.7 Å². The highest BCUT2D eigenvalue weighted by Gasteiger charge is 2.23. The summed E-state index contributed by atoms with van der Waals surface area (Å²) >= 11 is 3.03. The first-order chi connectivity index (χ1) is 11.5. The average molecular weight is 360 g/mol. The maximum Gasteiger partial charge on any atom is 0.266 e. The molecule has 6 heteroatoms. The van der Waals surface area contributed by atoms with E-state index in [1.54, 1.807) is 35.4 Å². The van der Waals surface area contributed by atoms with E-state index >= 15 is 0 Å². The minimum absolute atomic E-state index is 0.0652. The van der Waals surface area contributed by atoms with E-state index in [2.05, 4.69) is 4.98 Å². The Morgan fingerprint density at radius 2 is 1.96 bits per heavy atom. The molecule has 124 valence electrons. The molecule has 0 saturated carbocycles. The van der Waals surface area contributed by atoms with Crippen molar-refractivity contribution in [1.82, 2.24) is 9.88 Å². The van der Waals surface area contributed by atoms with Gasteiger partial charge in [-0.1, -0.05) is 18.2 Å². The number of halogens is 1. The van der Waals surface area contributed by atoms with Crippen molar-refractivity contribution in [2.24, 2.45) is 0 Å². The van der Waals surface area contributed by atoms with Crippen molar-refractivity contribution in [2.45, 2.75) is 19.9 Å². The number of nitrogens with zero attached hydrogens (tertiary/aromatic N) is 2. The number of carbonyl (C=O) groups is 1. The Bertz CT molecular complexity index is 841. The number of hydrogen-bond acceptors (Lipinski definition) is 4. The Kier molecular flexibility index (Phi) is 4.78. The van der Waals surface area contributed by atoms with Gasteiger partial charge in [-0.25, -0.2) is 9.37 Å². The van der Waals surface area contributed by atoms with E-state index in [1.165, 1.54) is 23.5 Å². The van der Waals surface area contributed by atoms with Crippen molar-refractivity contribution in [3.63, 3.8) is 0 Å². The fraction of sp³-hybridized carbons (Fsp3) is 0.222. The SMILES string of the molecule is Cc1nc(-c2cccs2)sc1C(=O)N(C)C(C)c1ccc(F)cc1. The topological polar surface area (TPSA) is 33.2 Å². The number of benzene rings is 1. The molecule has 0 saturated heterocycles. The van der Waals surface area contributed by atoms with Gasteiger partial charge in [-0.05, 0) is 43.0 Å². The summed E-state index contributed by atoms with van der Waals surface area (Å²) in [6, 6.07) is 10.1. The van der Waals surface area contributed by atoms with Crippen molar-refractivity contribution in [1.29, 1.82) is 0 Å². The zero-order chi connectivity index (χ0) is 17.3. The van der Waals surface area contributed by atoms with Crippen LogP contribution in [0.2, 0.25) is 0 Å². The predicted molar refractivity (Wildman–Crippen MR) is 97.1 cm³/mol. The lowest BCUT2D eigenvalue weighted by molar-refractivity contribution is 0.0746. The molecule has 0 radical (unpaired) electrons. The van der Waals surface area contributed by atoms with Crippen molar-refractivity contribution < 1.29 is 9.18 Å². The molecule has 0 aliphatic carbocycles. The Morgan fingerprint density at radius 3 is 2.58 bits per heavy atom. The Labute approximate surface area is 148 Å². The summed E-state index contributed by atoms with van der Waals surface area (Å²) in [6.45, 7) is 3.79. The van der Waals surface area contributed by atoms with Crippen LogP contribution in [0.1, 0.15) is 33.9 Å². The van der Waals surface area contributed by atoms with Crippen molar-refractivity contribution in [3.05, 3.63) is 63.7 Å². The van der Waals surface area contributed by atoms with E-state index in [-0.39, 0.29) is 17.8 Å². The molecule has 0 aliphatic heterocycles. The van der Waals surface area contributed by atoms with Gasteiger partial charge in [0.25, 0.3) is 5.91 Å². The molecule has 1 unspecified atom stereocenters. The molecule has 1 atom stereocenters. The number of aromatic nitrogens is 1. The maximum atomic E-state index is 13.1. The predicted octanol–water partition coefficient (Wildman–Crippen LogP) is 5.15. The molecule has 0 fully saturated rings. The normalized spacial score (nSPS) is 12.2. The van der Waals surface area contributed by atoms with Crippen LogP contribution in [0.3, 0.4) is 0 Å². The van der Waals surface area contributed by atoms with E-state index < -0.39 is 0 Å². The van der Waals surface area contributed by atoms with Gasteiger partial charge in [0.05, 0.1) is 16.6 Å². The minimum atomic E-state index is -0.279. The fourth-order valence-electron chi connectivity index (χ4n) is 2.40. The van der Waals surface area contributed by atoms with Crippen molar-refractivity contribution in [3.8, 4) is 9.88 Å². The third kappa shape index (κ3) is 3.25. The number of thiazole rings is 1. The third-order valence-electron chi connectivity index (χ3n) is 3.98. The lowest BCUT2D eigenvalue weighted by Gasteiger charge is -2.25. The van der Waals surface area contributed by atoms with Gasteiger partial charge in [0, 0.05) is 7.05 Å². The summed E-state index contributed by atoms with van der Waals surface area (Å²) in [5, 5.41) is 2.87. The van der Waals surface area contributed by atoms with Crippen LogP contribution < -0.4 is 0 Å². The summed E-state index contributed by atoms with van der Waals surface area (Å²) in [6.07, 6.45) is 0. The molecular weight excluding hydrogens is 343 g/mol. The van der Waals surface area contributed by atoms with Gasteiger partial charge in [-0.15, -0.1) is 22.7 Å². The summed E-state index contributed by atoms with van der Waals surface area (Å²) in [4.78, 5) is 20.8. The molecule has 1 amide bonds. The summed E-state index contributed by atoms with van der Waals surface area (Å²) in [7, 11) is 1.76. The Morgan fingerprint density at radius 1 is 1.25 bits per heavy atom. The van der Waals surface area contributed by atoms with Crippen LogP contribution in [0.15, 0.2) is 41.8 Å². The van der Waals surface area contributed by atoms with Gasteiger partial charge in [0.15, 0.2) is 0 Å². The smallest absolute Gasteiger partial charge is 0.266 e. The van der Waals surface area contributed by atoms with Crippen LogP contribution in [0.25, 0.3) is 9.88 Å². The van der Waals surface area contributed by atoms with Gasteiger partial charge >= 0.3 is 0 Å². The molecule has 0 N–H and O–H groups in total. The van der Waals surface area contributed by atoms with Crippen LogP contribution in [0.5, 0.6) is 0 Å². The van der Waals surface area contributed by atoms with Gasteiger partial charge in [-0.3, -0.25) is 4.79 Å². The molecule has 3 rings (SSSR count). The minimum Gasteiger partial charge on any atom is -0.334 e. The molecular formula is C18H17FN2OS2. The first kappa shape index (κ1) is 16.8. The fourth-order valence-corrected chi connectivity index (χ4v) is 4.25. The maximum absolute atomic E-state index is 13.1. The first-order valence-corrected chi connectivity index (χ1v) is 9.21. The molecule has 3 nitrogen and oxygen atoms in total. The number of aryl methyl sites for hydroxylation is 1. The third-order valence-corrected chi connectivity index (χ3v) is 6.16. The zero-order valence-electron chi connectivity index (χ0n) is 13.6. The van der Waals surface area contributed by atoms with E-state index in [9.17, 15) is 9.18 Å². The van der Waals surface area contributed by atoms with Crippen molar-refractivity contribution in [2.75, 3.05) is 7.05 Å². The number of hydrogen-bond donors (Lipinski definition) is 0. The molecule has 0 aliphatic rings. The second kappa shape index (κ2) is 6.83. The van der Waals surface area contributed by atoms with Crippen molar-refractivity contribution >= 4 is 28.6 Å². The summed E-state index contributed by atoms with van der Waals surface area (Å²) < 4.78 is 13.1. The lowest BCUT2D eigenvalue weighted by atomic mass is 10.1. The van der Waals surface area contributed by atoms with E-state index in [1.807, 2.05) is 31.4 Å². The Hall–Kier alpha value is -2.05. The van der Waals surface area contributed by atoms with Crippen LogP contribution in [-0.2, 0) is 0 Å². The quantitative estimate of drug-likeness (QED) is 0.644. The van der Waals surface area contributed by atoms with Gasteiger partial charge in [-0.2, -0.15) is 0 Å². The van der Waals surface area contributed by atoms with Crippen LogP contribution in [-0.4, -0.2) is 22.8 Å². The molecule has 0 spiro atoms. The first-order valence-electron chi connectivity index (χ1n) is 7.51. The lowest BCUT2D eigenvalue weighted by Crippen LogP contribution is -2.29. The largest absolute Gasteiger partial charge is 0.334 e. The standard InChI is InChI=1S/C18H17FN2OS2/c1-11-16(24-17(20-11)15-5-4-10-23-15)18(22)21(3)12(2)13-6-8-14(19)9-7-13/h4-10,12H,1-3H3. The molecule has 0 bridgehead atoms. The van der Waals surface area contributed by atoms with E-state index in [0.717, 1.165) is 21.1 Å². The highest BCUT2D eigenvalue weighted by atomic mass is 32.1. The number of carbonyl (C=O) groups excluding carboxylic acids is 1. The monoisotopic (exact) mass is 360 g/mol. The summed E-state index contributed by atoms with van der Waals surface area (Å²) in [5.41, 5.74) is 1.64. The highest BCUT2D eigenvalue weighted by Crippen LogP contribution is 2.32. The number of thiophene rings is 1. The molecule has 1 aromatic carbocycles. The van der Waals surface area contributed by atoms with E-state index in [4.69, 9.17) is 0 Å². The second-order valence-electron chi connectivity index (χ2n) is 5.55. The van der Waals surface area contributed by atoms with E-state index in [0.29, 0.717) is 4.88 Å². The Balaban J connectivity index is 1.84. The van der Waals surface area contributed by atoms with Crippen LogP contribution >= 0.6 is 22.7 Å². The zero-order valence-corrected chi connectivity index (χ0v) is 15.2. The molecule has 24 heavy (non-hydrogen) atoms. The van der Waals surface area contributed by atoms with Crippen LogP contribution in [0.4, 0.5) is 4.39 Å². The number of rotatable bonds is 4. The number of amides is 1. The van der Waals surface area contributed by atoms with Gasteiger partial charge < -0.3 is 4.90 Å². The average Bonchev–Trinajstić information content (AvgIpc) is 3.23. The summed E-state index contributed by atoms with van der Waals surface area (Å²) in [5.74, 6) is -0.344. The van der Waals surface area contributed by atoms with Gasteiger partial charge in [0.1, 0.15) is 15.7 Å². The molecule has 2 heterocycles. The second-order valence-corrected chi connectivity index (χ2v) is 7.50. The van der Waals surface area contributed by atoms with Gasteiger partial charge in [0.2, 0.25) is 0 Å². The highest BCUT2D eigenvalue weighted by molar-refractivity contribution is 7.22.